The second kappa shape index (κ2) is 9.13. The Kier molecular flexibility index (Phi) is 6.59. The molecular weight excluding hydrogens is 393 g/mol. The van der Waals surface area contributed by atoms with E-state index in [0.29, 0.717) is 35.2 Å². The molecule has 1 heterocycles. The molecule has 5 nitrogen and oxygen atoms in total. The minimum atomic E-state index is -0.447. The molecule has 1 fully saturated rings. The lowest BCUT2D eigenvalue weighted by Crippen LogP contribution is -2.27. The van der Waals surface area contributed by atoms with Gasteiger partial charge in [0, 0.05) is 5.56 Å². The first-order valence-corrected chi connectivity index (χ1v) is 10.00. The predicted molar refractivity (Wildman–Crippen MR) is 111 cm³/mol. The lowest BCUT2D eigenvalue weighted by atomic mass is 10.1. The third-order valence-corrected chi connectivity index (χ3v) is 5.12. The number of hydrogen-bond donors (Lipinski definition) is 0. The van der Waals surface area contributed by atoms with E-state index in [1.165, 1.54) is 6.07 Å². The normalized spacial score (nSPS) is 15.5. The summed E-state index contributed by atoms with van der Waals surface area (Å²) in [6, 6.07) is 11.4. The van der Waals surface area contributed by atoms with Crippen molar-refractivity contribution in [2.75, 3.05) is 13.7 Å². The average molecular weight is 415 g/mol. The molecule has 2 aromatic rings. The highest BCUT2D eigenvalue weighted by Gasteiger charge is 2.35. The monoisotopic (exact) mass is 415 g/mol. The van der Waals surface area contributed by atoms with Crippen LogP contribution in [0.4, 0.5) is 9.18 Å². The minimum Gasteiger partial charge on any atom is -0.493 e. The fraction of sp³-hybridized carbons (Fsp3) is 0.273. The zero-order chi connectivity index (χ0) is 21.0. The number of ether oxygens (including phenoxy) is 2. The molecule has 1 aliphatic heterocycles. The highest BCUT2D eigenvalue weighted by atomic mass is 32.2. The zero-order valence-electron chi connectivity index (χ0n) is 16.5. The van der Waals surface area contributed by atoms with Crippen LogP contribution in [-0.2, 0) is 11.3 Å². The van der Waals surface area contributed by atoms with Crippen molar-refractivity contribution in [3.8, 4) is 11.5 Å². The van der Waals surface area contributed by atoms with E-state index in [9.17, 15) is 14.0 Å². The van der Waals surface area contributed by atoms with Crippen LogP contribution in [0, 0.1) is 11.7 Å². The maximum Gasteiger partial charge on any atom is 0.293 e. The summed E-state index contributed by atoms with van der Waals surface area (Å²) < 4.78 is 25.0. The van der Waals surface area contributed by atoms with Gasteiger partial charge in [-0.25, -0.2) is 4.39 Å². The fourth-order valence-electron chi connectivity index (χ4n) is 2.73. The number of benzene rings is 2. The molecule has 152 valence electrons. The molecule has 0 aromatic heterocycles. The molecule has 7 heteroatoms. The van der Waals surface area contributed by atoms with Crippen molar-refractivity contribution in [1.82, 2.24) is 4.90 Å². The smallest absolute Gasteiger partial charge is 0.293 e. The Labute approximate surface area is 173 Å². The first-order chi connectivity index (χ1) is 13.9. The van der Waals surface area contributed by atoms with Gasteiger partial charge in [-0.1, -0.05) is 38.1 Å². The van der Waals surface area contributed by atoms with Crippen LogP contribution < -0.4 is 9.47 Å². The Hall–Kier alpha value is -2.80. The molecule has 0 saturated carbocycles. The Bertz CT molecular complexity index is 958. The Morgan fingerprint density at radius 3 is 2.59 bits per heavy atom. The van der Waals surface area contributed by atoms with Crippen LogP contribution in [0.25, 0.3) is 6.08 Å². The molecule has 0 bridgehead atoms. The number of nitrogens with zero attached hydrogens (tertiary/aromatic N) is 1. The van der Waals surface area contributed by atoms with Crippen LogP contribution in [0.15, 0.2) is 47.4 Å². The largest absolute Gasteiger partial charge is 0.493 e. The first-order valence-electron chi connectivity index (χ1n) is 9.18. The maximum atomic E-state index is 13.9. The molecule has 0 aliphatic carbocycles. The third kappa shape index (κ3) is 4.98. The highest BCUT2D eigenvalue weighted by Crippen LogP contribution is 2.35. The molecule has 1 aliphatic rings. The van der Waals surface area contributed by atoms with Crippen LogP contribution in [-0.4, -0.2) is 29.8 Å². The Morgan fingerprint density at radius 2 is 1.90 bits per heavy atom. The van der Waals surface area contributed by atoms with Gasteiger partial charge in [-0.2, -0.15) is 0 Å². The van der Waals surface area contributed by atoms with Gasteiger partial charge in [0.25, 0.3) is 11.1 Å². The number of rotatable bonds is 7. The van der Waals surface area contributed by atoms with Gasteiger partial charge in [0.15, 0.2) is 11.5 Å². The van der Waals surface area contributed by atoms with Crippen molar-refractivity contribution in [3.05, 3.63) is 64.3 Å². The summed E-state index contributed by atoms with van der Waals surface area (Å²) in [7, 11) is 1.55. The van der Waals surface area contributed by atoms with Crippen LogP contribution in [0.5, 0.6) is 11.5 Å². The van der Waals surface area contributed by atoms with E-state index < -0.39 is 17.0 Å². The van der Waals surface area contributed by atoms with Crippen molar-refractivity contribution >= 4 is 29.0 Å². The second-order valence-corrected chi connectivity index (χ2v) is 7.97. The zero-order valence-corrected chi connectivity index (χ0v) is 17.3. The van der Waals surface area contributed by atoms with E-state index in [0.717, 1.165) is 16.7 Å². The number of imide groups is 1. The number of amides is 2. The topological polar surface area (TPSA) is 55.8 Å². The molecule has 2 amide bonds. The van der Waals surface area contributed by atoms with Gasteiger partial charge in [-0.3, -0.25) is 14.5 Å². The maximum absolute atomic E-state index is 13.9. The van der Waals surface area contributed by atoms with Crippen molar-refractivity contribution < 1.29 is 23.5 Å². The van der Waals surface area contributed by atoms with E-state index in [1.807, 2.05) is 0 Å². The molecule has 0 atom stereocenters. The summed E-state index contributed by atoms with van der Waals surface area (Å²) in [6.45, 7) is 4.57. The van der Waals surface area contributed by atoms with Crippen LogP contribution >= 0.6 is 11.8 Å². The predicted octanol–water partition coefficient (Wildman–Crippen LogP) is 5.11. The number of carbonyl (C=O) groups excluding carboxylic acids is 2. The molecule has 0 radical (unpaired) electrons. The molecule has 0 unspecified atom stereocenters. The number of hydrogen-bond acceptors (Lipinski definition) is 5. The van der Waals surface area contributed by atoms with Gasteiger partial charge < -0.3 is 9.47 Å². The average Bonchev–Trinajstić information content (AvgIpc) is 2.95. The third-order valence-electron chi connectivity index (χ3n) is 4.22. The van der Waals surface area contributed by atoms with Crippen molar-refractivity contribution in [2.24, 2.45) is 5.92 Å². The Balaban J connectivity index is 1.79. The van der Waals surface area contributed by atoms with Crippen LogP contribution in [0.3, 0.4) is 0 Å². The number of methoxy groups -OCH3 is 1. The second-order valence-electron chi connectivity index (χ2n) is 6.97. The van der Waals surface area contributed by atoms with Gasteiger partial charge in [-0.05, 0) is 47.5 Å². The van der Waals surface area contributed by atoms with Crippen LogP contribution in [0.1, 0.15) is 25.0 Å². The minimum absolute atomic E-state index is 0.0972. The molecule has 2 aromatic carbocycles. The summed E-state index contributed by atoms with van der Waals surface area (Å²) in [5.74, 6) is 0.649. The van der Waals surface area contributed by atoms with E-state index in [1.54, 1.807) is 49.6 Å². The van der Waals surface area contributed by atoms with Gasteiger partial charge in [0.2, 0.25) is 0 Å². The number of thioether (sulfide) groups is 1. The Morgan fingerprint density at radius 1 is 1.14 bits per heavy atom. The molecule has 0 N–H and O–H groups in total. The standard InChI is InChI=1S/C22H22FNO4S/c1-14(2)13-28-18-9-8-15(10-19(18)27-3)11-20-21(25)24(22(26)29-20)12-16-6-4-5-7-17(16)23/h4-11,14H,12-13H2,1-3H3/b20-11-. The summed E-state index contributed by atoms with van der Waals surface area (Å²) >= 11 is 0.838. The summed E-state index contributed by atoms with van der Waals surface area (Å²) in [6.07, 6.45) is 1.63. The number of halogens is 1. The van der Waals surface area contributed by atoms with E-state index in [2.05, 4.69) is 13.8 Å². The lowest BCUT2D eigenvalue weighted by molar-refractivity contribution is -0.123. The molecule has 0 spiro atoms. The molecule has 3 rings (SSSR count). The lowest BCUT2D eigenvalue weighted by Gasteiger charge is -2.13. The van der Waals surface area contributed by atoms with E-state index in [4.69, 9.17) is 9.47 Å². The SMILES string of the molecule is COc1cc(/C=C2\SC(=O)N(Cc3ccccc3F)C2=O)ccc1OCC(C)C. The van der Waals surface area contributed by atoms with E-state index in [-0.39, 0.29) is 11.4 Å². The molecular formula is C22H22FNO4S. The highest BCUT2D eigenvalue weighted by molar-refractivity contribution is 8.18. The van der Waals surface area contributed by atoms with Crippen molar-refractivity contribution in [2.45, 2.75) is 20.4 Å². The van der Waals surface area contributed by atoms with Gasteiger partial charge >= 0.3 is 0 Å². The molecule has 1 saturated heterocycles. The summed E-state index contributed by atoms with van der Waals surface area (Å²) in [4.78, 5) is 26.3. The molecule has 29 heavy (non-hydrogen) atoms. The van der Waals surface area contributed by atoms with Crippen molar-refractivity contribution in [1.29, 1.82) is 0 Å². The quantitative estimate of drug-likeness (QED) is 0.589. The van der Waals surface area contributed by atoms with Gasteiger partial charge in [0.05, 0.1) is 25.2 Å². The van der Waals surface area contributed by atoms with Crippen LogP contribution in [0.2, 0.25) is 0 Å². The van der Waals surface area contributed by atoms with E-state index >= 15 is 0 Å². The number of carbonyl (C=O) groups is 2. The first kappa shape index (κ1) is 20.9. The van der Waals surface area contributed by atoms with Crippen molar-refractivity contribution in [3.63, 3.8) is 0 Å². The summed E-state index contributed by atoms with van der Waals surface area (Å²) in [5.41, 5.74) is 1.000. The van der Waals surface area contributed by atoms with Gasteiger partial charge in [-0.15, -0.1) is 0 Å². The fourth-order valence-corrected chi connectivity index (χ4v) is 3.57. The van der Waals surface area contributed by atoms with Gasteiger partial charge in [0.1, 0.15) is 5.82 Å². The summed E-state index contributed by atoms with van der Waals surface area (Å²) in [5, 5.41) is -0.423.